The normalized spacial score (nSPS) is 20.1. The number of hydrogen-bond donors (Lipinski definition) is 0. The van der Waals surface area contributed by atoms with Gasteiger partial charge in [0, 0.05) is 50.8 Å². The van der Waals surface area contributed by atoms with Crippen molar-refractivity contribution >= 4 is 5.91 Å². The molecule has 0 saturated carbocycles. The second-order valence-electron chi connectivity index (χ2n) is 7.68. The number of morpholine rings is 1. The van der Waals surface area contributed by atoms with Gasteiger partial charge in [0.25, 0.3) is 0 Å². The molecule has 8 nitrogen and oxygen atoms in total. The maximum absolute atomic E-state index is 13.2. The first-order valence-electron chi connectivity index (χ1n) is 9.56. The van der Waals surface area contributed by atoms with Crippen LogP contribution in [0.15, 0.2) is 36.9 Å². The Kier molecular flexibility index (Phi) is 6.77. The van der Waals surface area contributed by atoms with Crippen LogP contribution in [0.4, 0.5) is 0 Å². The number of likely N-dealkylation sites (N-methyl/N-ethyl adjacent to an activating group) is 2. The van der Waals surface area contributed by atoms with Crippen molar-refractivity contribution in [1.82, 2.24) is 29.5 Å². The molecule has 0 aliphatic carbocycles. The van der Waals surface area contributed by atoms with E-state index in [0.29, 0.717) is 26.2 Å². The highest BCUT2D eigenvalue weighted by Gasteiger charge is 2.37. The lowest BCUT2D eigenvalue weighted by atomic mass is 10.00. The van der Waals surface area contributed by atoms with Crippen LogP contribution in [0.1, 0.15) is 17.2 Å². The van der Waals surface area contributed by atoms with Crippen LogP contribution < -0.4 is 0 Å². The molecule has 8 heteroatoms. The molecule has 2 aromatic rings. The van der Waals surface area contributed by atoms with E-state index < -0.39 is 0 Å². The third-order valence-corrected chi connectivity index (χ3v) is 4.86. The first-order chi connectivity index (χ1) is 13.4. The van der Waals surface area contributed by atoms with E-state index in [2.05, 4.69) is 15.0 Å². The third kappa shape index (κ3) is 5.15. The zero-order valence-electron chi connectivity index (χ0n) is 17.2. The van der Waals surface area contributed by atoms with Crippen LogP contribution in [-0.4, -0.2) is 88.9 Å². The molecule has 3 heterocycles. The second-order valence-corrected chi connectivity index (χ2v) is 7.68. The highest BCUT2D eigenvalue weighted by molar-refractivity contribution is 5.79. The SMILES string of the molecule is CN(C)C[C@@H]1OCCN(C(=O)CN(C)Cc2cccnc2)[C@H]1c1cnn(C)c1. The fourth-order valence-electron chi connectivity index (χ4n) is 3.69. The Morgan fingerprint density at radius 2 is 2.14 bits per heavy atom. The first kappa shape index (κ1) is 20.4. The summed E-state index contributed by atoms with van der Waals surface area (Å²) in [5, 5.41) is 4.31. The number of hydrogen-bond acceptors (Lipinski definition) is 6. The lowest BCUT2D eigenvalue weighted by Gasteiger charge is -2.42. The van der Waals surface area contributed by atoms with E-state index in [1.54, 1.807) is 10.9 Å². The van der Waals surface area contributed by atoms with Gasteiger partial charge >= 0.3 is 0 Å². The van der Waals surface area contributed by atoms with E-state index in [1.165, 1.54) is 0 Å². The van der Waals surface area contributed by atoms with Crippen molar-refractivity contribution in [3.63, 3.8) is 0 Å². The van der Waals surface area contributed by atoms with Gasteiger partial charge in [-0.15, -0.1) is 0 Å². The van der Waals surface area contributed by atoms with Crippen LogP contribution in [0, 0.1) is 0 Å². The van der Waals surface area contributed by atoms with E-state index in [1.807, 2.05) is 68.7 Å². The number of pyridine rings is 1. The summed E-state index contributed by atoms with van der Waals surface area (Å²) in [6.07, 6.45) is 7.32. The molecule has 2 atom stereocenters. The number of rotatable bonds is 7. The Bertz CT molecular complexity index is 763. The van der Waals surface area contributed by atoms with Gasteiger partial charge in [0.05, 0.1) is 31.5 Å². The van der Waals surface area contributed by atoms with Crippen molar-refractivity contribution in [3.8, 4) is 0 Å². The summed E-state index contributed by atoms with van der Waals surface area (Å²) in [4.78, 5) is 23.4. The van der Waals surface area contributed by atoms with Gasteiger partial charge in [-0.25, -0.2) is 0 Å². The minimum Gasteiger partial charge on any atom is -0.373 e. The van der Waals surface area contributed by atoms with Crippen molar-refractivity contribution in [2.45, 2.75) is 18.7 Å². The predicted molar refractivity (Wildman–Crippen MR) is 107 cm³/mol. The summed E-state index contributed by atoms with van der Waals surface area (Å²) in [6, 6.07) is 3.80. The summed E-state index contributed by atoms with van der Waals surface area (Å²) < 4.78 is 7.82. The van der Waals surface area contributed by atoms with Gasteiger partial charge in [-0.1, -0.05) is 6.07 Å². The second kappa shape index (κ2) is 9.27. The summed E-state index contributed by atoms with van der Waals surface area (Å²) in [7, 11) is 7.89. The summed E-state index contributed by atoms with van der Waals surface area (Å²) >= 11 is 0. The van der Waals surface area contributed by atoms with Crippen LogP contribution in [0.3, 0.4) is 0 Å². The molecule has 0 radical (unpaired) electrons. The molecule has 1 saturated heterocycles. The molecule has 0 bridgehead atoms. The fourth-order valence-corrected chi connectivity index (χ4v) is 3.69. The molecule has 2 aromatic heterocycles. The van der Waals surface area contributed by atoms with Crippen molar-refractivity contribution in [1.29, 1.82) is 0 Å². The number of amides is 1. The standard InChI is InChI=1S/C20H30N6O2/c1-23(2)14-18-20(17-11-22-25(4)13-17)26(8-9-28-18)19(27)15-24(3)12-16-6-5-7-21-10-16/h5-7,10-11,13,18,20H,8-9,12,14-15H2,1-4H3/t18-,20-/m0/s1. The van der Waals surface area contributed by atoms with Crippen LogP contribution in [0.2, 0.25) is 0 Å². The summed E-state index contributed by atoms with van der Waals surface area (Å²) in [5.41, 5.74) is 2.10. The first-order valence-corrected chi connectivity index (χ1v) is 9.56. The molecule has 0 unspecified atom stereocenters. The zero-order valence-corrected chi connectivity index (χ0v) is 17.2. The van der Waals surface area contributed by atoms with Crippen LogP contribution >= 0.6 is 0 Å². The van der Waals surface area contributed by atoms with Gasteiger partial charge in [0.2, 0.25) is 5.91 Å². The average Bonchev–Trinajstić information content (AvgIpc) is 3.07. The lowest BCUT2D eigenvalue weighted by molar-refractivity contribution is -0.149. The molecule has 152 valence electrons. The van der Waals surface area contributed by atoms with E-state index in [0.717, 1.165) is 17.7 Å². The van der Waals surface area contributed by atoms with Crippen LogP contribution in [-0.2, 0) is 23.1 Å². The Morgan fingerprint density at radius 3 is 2.79 bits per heavy atom. The molecule has 0 aromatic carbocycles. The third-order valence-electron chi connectivity index (χ3n) is 4.86. The largest absolute Gasteiger partial charge is 0.373 e. The molecule has 3 rings (SSSR count). The molecule has 1 aliphatic rings. The number of aromatic nitrogens is 3. The number of nitrogens with zero attached hydrogens (tertiary/aromatic N) is 6. The van der Waals surface area contributed by atoms with E-state index in [4.69, 9.17) is 4.74 Å². The monoisotopic (exact) mass is 386 g/mol. The smallest absolute Gasteiger partial charge is 0.237 e. The van der Waals surface area contributed by atoms with Crippen molar-refractivity contribution in [3.05, 3.63) is 48.0 Å². The molecule has 0 N–H and O–H groups in total. The molecule has 1 aliphatic heterocycles. The molecular formula is C20H30N6O2. The van der Waals surface area contributed by atoms with Gasteiger partial charge in [-0.05, 0) is 32.8 Å². The molecule has 1 fully saturated rings. The minimum absolute atomic E-state index is 0.0828. The van der Waals surface area contributed by atoms with Crippen LogP contribution in [0.25, 0.3) is 0 Å². The highest BCUT2D eigenvalue weighted by Crippen LogP contribution is 2.30. The Morgan fingerprint density at radius 1 is 1.32 bits per heavy atom. The van der Waals surface area contributed by atoms with Crippen molar-refractivity contribution in [2.75, 3.05) is 47.4 Å². The lowest BCUT2D eigenvalue weighted by Crippen LogP contribution is -2.52. The zero-order chi connectivity index (χ0) is 20.1. The van der Waals surface area contributed by atoms with Gasteiger partial charge in [-0.3, -0.25) is 19.4 Å². The number of aryl methyl sites for hydroxylation is 1. The maximum Gasteiger partial charge on any atom is 0.237 e. The van der Waals surface area contributed by atoms with E-state index in [9.17, 15) is 4.79 Å². The van der Waals surface area contributed by atoms with Gasteiger partial charge in [-0.2, -0.15) is 5.10 Å². The van der Waals surface area contributed by atoms with E-state index in [-0.39, 0.29) is 18.1 Å². The quantitative estimate of drug-likeness (QED) is 0.701. The average molecular weight is 387 g/mol. The Hall–Kier alpha value is -2.29. The summed E-state index contributed by atoms with van der Waals surface area (Å²) in [6.45, 7) is 2.91. The molecule has 1 amide bonds. The van der Waals surface area contributed by atoms with Crippen LogP contribution in [0.5, 0.6) is 0 Å². The number of carbonyl (C=O) groups excluding carboxylic acids is 1. The van der Waals surface area contributed by atoms with Crippen molar-refractivity contribution < 1.29 is 9.53 Å². The summed E-state index contributed by atoms with van der Waals surface area (Å²) in [5.74, 6) is 0.104. The fraction of sp³-hybridized carbons (Fsp3) is 0.550. The number of ether oxygens (including phenoxy) is 1. The number of carbonyl (C=O) groups is 1. The minimum atomic E-state index is -0.135. The van der Waals surface area contributed by atoms with Gasteiger partial charge in [0.15, 0.2) is 0 Å². The maximum atomic E-state index is 13.2. The van der Waals surface area contributed by atoms with Crippen molar-refractivity contribution in [2.24, 2.45) is 7.05 Å². The van der Waals surface area contributed by atoms with Gasteiger partial charge < -0.3 is 14.5 Å². The van der Waals surface area contributed by atoms with Gasteiger partial charge in [0.1, 0.15) is 0 Å². The molecule has 0 spiro atoms. The highest BCUT2D eigenvalue weighted by atomic mass is 16.5. The predicted octanol–water partition coefficient (Wildman–Crippen LogP) is 0.777. The van der Waals surface area contributed by atoms with E-state index >= 15 is 0 Å². The molecule has 28 heavy (non-hydrogen) atoms. The Labute approximate surface area is 166 Å². The topological polar surface area (TPSA) is 66.7 Å². The Balaban J connectivity index is 1.73. The molecular weight excluding hydrogens is 356 g/mol.